The van der Waals surface area contributed by atoms with Crippen LogP contribution in [0.1, 0.15) is 24.0 Å². The number of hydrogen-bond donors (Lipinski definition) is 1. The number of aryl methyl sites for hydroxylation is 1. The Kier molecular flexibility index (Phi) is 3.51. The first-order valence-corrected chi connectivity index (χ1v) is 5.99. The van der Waals surface area contributed by atoms with E-state index in [-0.39, 0.29) is 5.56 Å². The van der Waals surface area contributed by atoms with Gasteiger partial charge in [-0.25, -0.2) is 8.78 Å². The van der Waals surface area contributed by atoms with Crippen LogP contribution in [0.25, 0.3) is 10.8 Å². The highest BCUT2D eigenvalue weighted by Crippen LogP contribution is 2.34. The average molecular weight is 264 g/mol. The van der Waals surface area contributed by atoms with Crippen molar-refractivity contribution in [3.8, 4) is 0 Å². The van der Waals surface area contributed by atoms with Crippen molar-refractivity contribution in [2.75, 3.05) is 0 Å². The SMILES string of the molecule is Cc1ccc2cc(C(F)(F)CCC(=O)O)ccc2c1. The Hall–Kier alpha value is -1.97. The molecule has 0 saturated heterocycles. The first kappa shape index (κ1) is 13.5. The Morgan fingerprint density at radius 3 is 2.47 bits per heavy atom. The van der Waals surface area contributed by atoms with Gasteiger partial charge in [-0.3, -0.25) is 4.79 Å². The standard InChI is InChI=1S/C15H14F2O2/c1-10-2-3-12-9-13(5-4-11(12)8-10)15(16,17)7-6-14(18)19/h2-5,8-9H,6-7H2,1H3,(H,18,19). The second kappa shape index (κ2) is 4.96. The van der Waals surface area contributed by atoms with E-state index in [0.29, 0.717) is 0 Å². The number of aliphatic carboxylic acids is 1. The summed E-state index contributed by atoms with van der Waals surface area (Å²) in [5.41, 5.74) is 0.933. The zero-order valence-electron chi connectivity index (χ0n) is 10.5. The van der Waals surface area contributed by atoms with Crippen molar-refractivity contribution in [1.82, 2.24) is 0 Å². The van der Waals surface area contributed by atoms with Crippen molar-refractivity contribution in [3.63, 3.8) is 0 Å². The molecule has 2 rings (SSSR count). The largest absolute Gasteiger partial charge is 0.481 e. The fraction of sp³-hybridized carbons (Fsp3) is 0.267. The number of rotatable bonds is 4. The van der Waals surface area contributed by atoms with E-state index in [2.05, 4.69) is 0 Å². The summed E-state index contributed by atoms with van der Waals surface area (Å²) in [7, 11) is 0. The molecule has 0 aliphatic rings. The molecule has 0 fully saturated rings. The molecule has 2 aromatic rings. The van der Waals surface area contributed by atoms with Gasteiger partial charge < -0.3 is 5.11 Å². The van der Waals surface area contributed by atoms with Gasteiger partial charge in [0.05, 0.1) is 6.42 Å². The average Bonchev–Trinajstić information content (AvgIpc) is 2.36. The third-order valence-electron chi connectivity index (χ3n) is 3.07. The van der Waals surface area contributed by atoms with E-state index < -0.39 is 24.7 Å². The van der Waals surface area contributed by atoms with Crippen LogP contribution < -0.4 is 0 Å². The molecule has 19 heavy (non-hydrogen) atoms. The maximum absolute atomic E-state index is 13.9. The highest BCUT2D eigenvalue weighted by molar-refractivity contribution is 5.84. The van der Waals surface area contributed by atoms with Gasteiger partial charge in [0.1, 0.15) is 0 Å². The number of hydrogen-bond acceptors (Lipinski definition) is 1. The Morgan fingerprint density at radius 2 is 1.79 bits per heavy atom. The van der Waals surface area contributed by atoms with Gasteiger partial charge in [-0.1, -0.05) is 35.9 Å². The van der Waals surface area contributed by atoms with Gasteiger partial charge in [0.25, 0.3) is 5.92 Å². The predicted molar refractivity (Wildman–Crippen MR) is 69.4 cm³/mol. The summed E-state index contributed by atoms with van der Waals surface area (Å²) in [6.45, 7) is 1.94. The van der Waals surface area contributed by atoms with E-state index >= 15 is 0 Å². The number of carboxylic acids is 1. The summed E-state index contributed by atoms with van der Waals surface area (Å²) >= 11 is 0. The van der Waals surface area contributed by atoms with Gasteiger partial charge in [0, 0.05) is 12.0 Å². The van der Waals surface area contributed by atoms with E-state index in [1.165, 1.54) is 12.1 Å². The molecule has 1 N–H and O–H groups in total. The number of fused-ring (bicyclic) bond motifs is 1. The molecule has 0 bridgehead atoms. The minimum absolute atomic E-state index is 0.134. The summed E-state index contributed by atoms with van der Waals surface area (Å²) in [5, 5.41) is 10.1. The van der Waals surface area contributed by atoms with Crippen molar-refractivity contribution in [1.29, 1.82) is 0 Å². The van der Waals surface area contributed by atoms with Gasteiger partial charge in [-0.05, 0) is 23.8 Å². The monoisotopic (exact) mass is 264 g/mol. The molecule has 0 aromatic heterocycles. The van der Waals surface area contributed by atoms with Crippen molar-refractivity contribution < 1.29 is 18.7 Å². The van der Waals surface area contributed by atoms with Gasteiger partial charge in [-0.2, -0.15) is 0 Å². The van der Waals surface area contributed by atoms with Crippen LogP contribution in [0.15, 0.2) is 36.4 Å². The molecule has 0 heterocycles. The lowest BCUT2D eigenvalue weighted by atomic mass is 9.99. The van der Waals surface area contributed by atoms with Crippen LogP contribution in [0.3, 0.4) is 0 Å². The van der Waals surface area contributed by atoms with Crippen LogP contribution in [0.2, 0.25) is 0 Å². The smallest absolute Gasteiger partial charge is 0.303 e. The molecule has 0 amide bonds. The summed E-state index contributed by atoms with van der Waals surface area (Å²) < 4.78 is 27.7. The van der Waals surface area contributed by atoms with Gasteiger partial charge in [0.2, 0.25) is 0 Å². The van der Waals surface area contributed by atoms with Crippen molar-refractivity contribution in [2.24, 2.45) is 0 Å². The molecule has 100 valence electrons. The number of carboxylic acid groups (broad SMARTS) is 1. The maximum atomic E-state index is 13.9. The van der Waals surface area contributed by atoms with Crippen molar-refractivity contribution >= 4 is 16.7 Å². The topological polar surface area (TPSA) is 37.3 Å². The maximum Gasteiger partial charge on any atom is 0.303 e. The summed E-state index contributed by atoms with van der Waals surface area (Å²) in [6.07, 6.45) is -1.22. The number of carbonyl (C=O) groups is 1. The minimum Gasteiger partial charge on any atom is -0.481 e. The summed E-state index contributed by atoms with van der Waals surface area (Å²) in [6, 6.07) is 10.0. The third kappa shape index (κ3) is 3.08. The fourth-order valence-corrected chi connectivity index (χ4v) is 2.00. The zero-order valence-corrected chi connectivity index (χ0v) is 10.5. The molecule has 4 heteroatoms. The van der Waals surface area contributed by atoms with E-state index in [4.69, 9.17) is 5.11 Å². The Labute approximate surface area is 109 Å². The van der Waals surface area contributed by atoms with Crippen LogP contribution >= 0.6 is 0 Å². The normalized spacial score (nSPS) is 11.7. The number of halogens is 2. The lowest BCUT2D eigenvalue weighted by molar-refractivity contribution is -0.139. The highest BCUT2D eigenvalue weighted by Gasteiger charge is 2.32. The first-order valence-electron chi connectivity index (χ1n) is 5.99. The quantitative estimate of drug-likeness (QED) is 0.902. The molecule has 2 nitrogen and oxygen atoms in total. The third-order valence-corrected chi connectivity index (χ3v) is 3.07. The number of benzene rings is 2. The van der Waals surface area contributed by atoms with Crippen molar-refractivity contribution in [3.05, 3.63) is 47.5 Å². The van der Waals surface area contributed by atoms with Gasteiger partial charge in [0.15, 0.2) is 0 Å². The molecule has 0 aliphatic heterocycles. The lowest BCUT2D eigenvalue weighted by Crippen LogP contribution is -2.15. The molecule has 0 radical (unpaired) electrons. The van der Waals surface area contributed by atoms with E-state index in [1.807, 2.05) is 19.1 Å². The second-order valence-corrected chi connectivity index (χ2v) is 4.66. The molecule has 0 atom stereocenters. The van der Waals surface area contributed by atoms with Gasteiger partial charge in [-0.15, -0.1) is 0 Å². The van der Waals surface area contributed by atoms with E-state index in [0.717, 1.165) is 16.3 Å². The lowest BCUT2D eigenvalue weighted by Gasteiger charge is -2.16. The van der Waals surface area contributed by atoms with E-state index in [1.54, 1.807) is 12.1 Å². The first-order chi connectivity index (χ1) is 8.88. The molecule has 0 unspecified atom stereocenters. The van der Waals surface area contributed by atoms with Crippen LogP contribution in [0.4, 0.5) is 8.78 Å². The van der Waals surface area contributed by atoms with Crippen LogP contribution in [-0.4, -0.2) is 11.1 Å². The van der Waals surface area contributed by atoms with Crippen molar-refractivity contribution in [2.45, 2.75) is 25.7 Å². The van der Waals surface area contributed by atoms with Crippen LogP contribution in [0.5, 0.6) is 0 Å². The Bertz CT molecular complexity index is 621. The molecule has 0 aliphatic carbocycles. The second-order valence-electron chi connectivity index (χ2n) is 4.66. The Morgan fingerprint density at radius 1 is 1.16 bits per heavy atom. The molecule has 0 spiro atoms. The van der Waals surface area contributed by atoms with E-state index in [9.17, 15) is 13.6 Å². The molecular formula is C15H14F2O2. The fourth-order valence-electron chi connectivity index (χ4n) is 2.00. The molecule has 2 aromatic carbocycles. The summed E-state index contributed by atoms with van der Waals surface area (Å²) in [5.74, 6) is -4.33. The van der Waals surface area contributed by atoms with Gasteiger partial charge >= 0.3 is 5.97 Å². The highest BCUT2D eigenvalue weighted by atomic mass is 19.3. The molecular weight excluding hydrogens is 250 g/mol. The molecule has 0 saturated carbocycles. The number of alkyl halides is 2. The minimum atomic E-state index is -3.11. The Balaban J connectivity index is 2.34. The summed E-state index contributed by atoms with van der Waals surface area (Å²) in [4.78, 5) is 10.4. The zero-order chi connectivity index (χ0) is 14.0. The predicted octanol–water partition coefficient (Wildman–Crippen LogP) is 4.10. The van der Waals surface area contributed by atoms with Crippen LogP contribution in [-0.2, 0) is 10.7 Å². The van der Waals surface area contributed by atoms with Crippen LogP contribution in [0, 0.1) is 6.92 Å².